The Morgan fingerprint density at radius 3 is 2.48 bits per heavy atom. The Labute approximate surface area is 165 Å². The number of nitro groups is 1. The number of sulfone groups is 1. The molecule has 0 fully saturated rings. The highest BCUT2D eigenvalue weighted by atomic mass is 32.2. The fraction of sp³-hybridized carbons (Fsp3) is 0.105. The van der Waals surface area contributed by atoms with Gasteiger partial charge in [-0.2, -0.15) is 0 Å². The highest BCUT2D eigenvalue weighted by Gasteiger charge is 2.32. The third-order valence-corrected chi connectivity index (χ3v) is 6.22. The van der Waals surface area contributed by atoms with Gasteiger partial charge in [0, 0.05) is 24.2 Å². The normalized spacial score (nSPS) is 12.3. The van der Waals surface area contributed by atoms with Gasteiger partial charge >= 0.3 is 0 Å². The number of nitro benzene ring substituents is 1. The Balaban J connectivity index is 1.86. The molecule has 0 bridgehead atoms. The minimum Gasteiger partial charge on any atom is -0.468 e. The van der Waals surface area contributed by atoms with Crippen molar-refractivity contribution in [1.29, 1.82) is 0 Å². The van der Waals surface area contributed by atoms with E-state index < -0.39 is 31.7 Å². The van der Waals surface area contributed by atoms with Gasteiger partial charge in [-0.3, -0.25) is 14.9 Å². The molecule has 1 amide bonds. The number of nitrogens with one attached hydrogen (secondary N) is 1. The SMILES string of the molecule is O=C(NC[C@@H](c1ccco1)S(=O)(=O)c1ccc(F)cc1)c1cccc([N+](=O)[O-])c1. The molecule has 1 atom stereocenters. The van der Waals surface area contributed by atoms with Gasteiger partial charge in [-0.15, -0.1) is 0 Å². The van der Waals surface area contributed by atoms with Crippen LogP contribution < -0.4 is 5.32 Å². The van der Waals surface area contributed by atoms with Gasteiger partial charge in [0.1, 0.15) is 16.8 Å². The minimum atomic E-state index is -4.02. The van der Waals surface area contributed by atoms with Crippen molar-refractivity contribution in [2.75, 3.05) is 6.54 Å². The van der Waals surface area contributed by atoms with Crippen LogP contribution >= 0.6 is 0 Å². The molecule has 0 unspecified atom stereocenters. The number of benzene rings is 2. The number of hydrogen-bond donors (Lipinski definition) is 1. The zero-order valence-electron chi connectivity index (χ0n) is 14.8. The molecule has 0 saturated heterocycles. The molecule has 3 aromatic rings. The summed E-state index contributed by atoms with van der Waals surface area (Å²) in [4.78, 5) is 22.5. The van der Waals surface area contributed by atoms with Gasteiger partial charge in [-0.05, 0) is 42.5 Å². The predicted octanol–water partition coefficient (Wildman–Crippen LogP) is 3.27. The number of hydrogen-bond acceptors (Lipinski definition) is 6. The summed E-state index contributed by atoms with van der Waals surface area (Å²) in [5.74, 6) is -1.18. The molecule has 29 heavy (non-hydrogen) atoms. The number of furan rings is 1. The van der Waals surface area contributed by atoms with E-state index in [1.165, 1.54) is 36.6 Å². The van der Waals surface area contributed by atoms with Gasteiger partial charge in [0.15, 0.2) is 9.84 Å². The average molecular weight is 418 g/mol. The molecular weight excluding hydrogens is 403 g/mol. The Morgan fingerprint density at radius 1 is 1.14 bits per heavy atom. The highest BCUT2D eigenvalue weighted by Crippen LogP contribution is 2.29. The number of amides is 1. The van der Waals surface area contributed by atoms with Gasteiger partial charge in [0.05, 0.1) is 16.1 Å². The summed E-state index contributed by atoms with van der Waals surface area (Å²) in [6, 6.07) is 12.3. The van der Waals surface area contributed by atoms with Crippen molar-refractivity contribution < 1.29 is 26.9 Å². The molecule has 1 N–H and O–H groups in total. The van der Waals surface area contributed by atoms with E-state index in [1.807, 2.05) is 0 Å². The molecule has 0 radical (unpaired) electrons. The molecule has 8 nitrogen and oxygen atoms in total. The Morgan fingerprint density at radius 2 is 1.86 bits per heavy atom. The molecule has 0 aliphatic rings. The van der Waals surface area contributed by atoms with Crippen molar-refractivity contribution >= 4 is 21.4 Å². The second-order valence-corrected chi connectivity index (χ2v) is 8.15. The standard InChI is InChI=1S/C19H15FN2O6S/c20-14-6-8-16(9-7-14)29(26,27)18(17-5-2-10-28-17)12-21-19(23)13-3-1-4-15(11-13)22(24)25/h1-11,18H,12H2,(H,21,23)/t18-/m0/s1. The van der Waals surface area contributed by atoms with Crippen LogP contribution in [0, 0.1) is 15.9 Å². The summed E-state index contributed by atoms with van der Waals surface area (Å²) in [6.45, 7) is -0.352. The smallest absolute Gasteiger partial charge is 0.270 e. The van der Waals surface area contributed by atoms with E-state index >= 15 is 0 Å². The number of nitrogens with zero attached hydrogens (tertiary/aromatic N) is 1. The van der Waals surface area contributed by atoms with E-state index in [2.05, 4.69) is 5.32 Å². The van der Waals surface area contributed by atoms with E-state index in [1.54, 1.807) is 0 Å². The minimum absolute atomic E-state index is 0.0107. The maximum absolute atomic E-state index is 13.2. The zero-order chi connectivity index (χ0) is 21.0. The number of carbonyl (C=O) groups excluding carboxylic acids is 1. The van der Waals surface area contributed by atoms with Gasteiger partial charge in [0.25, 0.3) is 11.6 Å². The van der Waals surface area contributed by atoms with Crippen LogP contribution in [-0.2, 0) is 9.84 Å². The van der Waals surface area contributed by atoms with Crippen molar-refractivity contribution in [2.24, 2.45) is 0 Å². The number of rotatable bonds is 7. The van der Waals surface area contributed by atoms with E-state index in [0.29, 0.717) is 0 Å². The molecule has 2 aromatic carbocycles. The monoisotopic (exact) mass is 418 g/mol. The fourth-order valence-electron chi connectivity index (χ4n) is 2.67. The van der Waals surface area contributed by atoms with Crippen LogP contribution in [0.2, 0.25) is 0 Å². The quantitative estimate of drug-likeness (QED) is 0.357. The molecule has 0 aliphatic carbocycles. The molecule has 3 rings (SSSR count). The number of non-ortho nitro benzene ring substituents is 1. The van der Waals surface area contributed by atoms with E-state index in [-0.39, 0.29) is 28.5 Å². The van der Waals surface area contributed by atoms with Crippen molar-refractivity contribution in [1.82, 2.24) is 5.32 Å². The number of carbonyl (C=O) groups is 1. The summed E-state index contributed by atoms with van der Waals surface area (Å²) in [5.41, 5.74) is -0.254. The largest absolute Gasteiger partial charge is 0.468 e. The van der Waals surface area contributed by atoms with Gasteiger partial charge in [0.2, 0.25) is 0 Å². The van der Waals surface area contributed by atoms with E-state index in [9.17, 15) is 27.7 Å². The van der Waals surface area contributed by atoms with Gasteiger partial charge in [-0.25, -0.2) is 12.8 Å². The lowest BCUT2D eigenvalue weighted by Gasteiger charge is -2.16. The van der Waals surface area contributed by atoms with Crippen LogP contribution in [0.5, 0.6) is 0 Å². The lowest BCUT2D eigenvalue weighted by atomic mass is 10.2. The first kappa shape index (κ1) is 20.2. The maximum atomic E-state index is 13.2. The van der Waals surface area contributed by atoms with Crippen LogP contribution in [0.1, 0.15) is 21.4 Å². The lowest BCUT2D eigenvalue weighted by molar-refractivity contribution is -0.384. The molecule has 0 aliphatic heterocycles. The first-order chi connectivity index (χ1) is 13.8. The number of halogens is 1. The summed E-state index contributed by atoms with van der Waals surface area (Å²) >= 11 is 0. The molecular formula is C19H15FN2O6S. The van der Waals surface area contributed by atoms with Crippen LogP contribution in [0.4, 0.5) is 10.1 Å². The van der Waals surface area contributed by atoms with E-state index in [4.69, 9.17) is 4.42 Å². The van der Waals surface area contributed by atoms with Crippen molar-refractivity contribution in [3.63, 3.8) is 0 Å². The molecule has 0 saturated carbocycles. The maximum Gasteiger partial charge on any atom is 0.270 e. The molecule has 1 heterocycles. The fourth-order valence-corrected chi connectivity index (χ4v) is 4.26. The van der Waals surface area contributed by atoms with Crippen molar-refractivity contribution in [3.8, 4) is 0 Å². The molecule has 1 aromatic heterocycles. The summed E-state index contributed by atoms with van der Waals surface area (Å²) in [5, 5.41) is 12.1. The van der Waals surface area contributed by atoms with Gasteiger partial charge in [-0.1, -0.05) is 6.07 Å². The third kappa shape index (κ3) is 4.49. The molecule has 0 spiro atoms. The Bertz CT molecular complexity index is 1130. The summed E-state index contributed by atoms with van der Waals surface area (Å²) in [6.07, 6.45) is 1.30. The topological polar surface area (TPSA) is 120 Å². The first-order valence-electron chi connectivity index (χ1n) is 8.34. The van der Waals surface area contributed by atoms with Crippen molar-refractivity contribution in [2.45, 2.75) is 10.1 Å². The third-order valence-electron chi connectivity index (χ3n) is 4.14. The van der Waals surface area contributed by atoms with Crippen LogP contribution in [0.25, 0.3) is 0 Å². The summed E-state index contributed by atoms with van der Waals surface area (Å²) in [7, 11) is -4.02. The Kier molecular flexibility index (Phi) is 5.74. The molecule has 150 valence electrons. The van der Waals surface area contributed by atoms with Crippen LogP contribution in [-0.4, -0.2) is 25.8 Å². The van der Waals surface area contributed by atoms with Crippen LogP contribution in [0.3, 0.4) is 0 Å². The Hall–Kier alpha value is -3.53. The first-order valence-corrected chi connectivity index (χ1v) is 9.89. The van der Waals surface area contributed by atoms with E-state index in [0.717, 1.165) is 30.3 Å². The second-order valence-electron chi connectivity index (χ2n) is 6.02. The lowest BCUT2D eigenvalue weighted by Crippen LogP contribution is -2.31. The van der Waals surface area contributed by atoms with Crippen LogP contribution in [0.15, 0.2) is 76.2 Å². The highest BCUT2D eigenvalue weighted by molar-refractivity contribution is 7.91. The predicted molar refractivity (Wildman–Crippen MR) is 100 cm³/mol. The molecule has 10 heteroatoms. The zero-order valence-corrected chi connectivity index (χ0v) is 15.6. The van der Waals surface area contributed by atoms with Crippen molar-refractivity contribution in [3.05, 3.63) is 94.2 Å². The summed E-state index contributed by atoms with van der Waals surface area (Å²) < 4.78 is 44.4. The average Bonchev–Trinajstić information content (AvgIpc) is 3.22. The second kappa shape index (κ2) is 8.23. The van der Waals surface area contributed by atoms with Gasteiger partial charge < -0.3 is 9.73 Å².